The predicted molar refractivity (Wildman–Crippen MR) is 101 cm³/mol. The normalized spacial score (nSPS) is 49.6. The van der Waals surface area contributed by atoms with Gasteiger partial charge in [-0.05, 0) is 58.2 Å². The van der Waals surface area contributed by atoms with Crippen LogP contribution in [-0.4, -0.2) is 0 Å². The average Bonchev–Trinajstić information content (AvgIpc) is 2.67. The van der Waals surface area contributed by atoms with Crippen molar-refractivity contribution in [1.29, 1.82) is 0 Å². The topological polar surface area (TPSA) is 0 Å². The van der Waals surface area contributed by atoms with Crippen molar-refractivity contribution < 1.29 is 0 Å². The third-order valence-electron chi connectivity index (χ3n) is 9.51. The molecule has 0 spiro atoms. The Bertz CT molecular complexity index is 296. The van der Waals surface area contributed by atoms with Crippen LogP contribution < -0.4 is 0 Å². The van der Waals surface area contributed by atoms with E-state index in [9.17, 15) is 0 Å². The van der Waals surface area contributed by atoms with E-state index in [2.05, 4.69) is 83.1 Å². The zero-order valence-corrected chi connectivity index (χ0v) is 17.6. The van der Waals surface area contributed by atoms with Crippen LogP contribution in [0.15, 0.2) is 0 Å². The van der Waals surface area contributed by atoms with Crippen LogP contribution >= 0.6 is 0 Å². The Kier molecular flexibility index (Phi) is 5.91. The largest absolute Gasteiger partial charge is 0.0620 e. The van der Waals surface area contributed by atoms with Gasteiger partial charge in [-0.2, -0.15) is 0 Å². The van der Waals surface area contributed by atoms with Crippen LogP contribution in [0.3, 0.4) is 0 Å². The third kappa shape index (κ3) is 3.13. The Morgan fingerprint density at radius 2 is 0.500 bits per heavy atom. The quantitative estimate of drug-likeness (QED) is 0.446. The van der Waals surface area contributed by atoms with Gasteiger partial charge in [0.2, 0.25) is 0 Å². The summed E-state index contributed by atoms with van der Waals surface area (Å²) in [6, 6.07) is 0. The van der Waals surface area contributed by atoms with Crippen LogP contribution in [0.5, 0.6) is 0 Å². The van der Waals surface area contributed by atoms with Gasteiger partial charge in [0.05, 0.1) is 0 Å². The van der Waals surface area contributed by atoms with Gasteiger partial charge in [-0.15, -0.1) is 0 Å². The van der Waals surface area contributed by atoms with Crippen molar-refractivity contribution in [2.24, 2.45) is 58.2 Å². The Morgan fingerprint density at radius 3 is 0.545 bits per heavy atom. The van der Waals surface area contributed by atoms with E-state index in [1.807, 2.05) is 0 Å². The summed E-state index contributed by atoms with van der Waals surface area (Å²) in [6.07, 6.45) is 0. The summed E-state index contributed by atoms with van der Waals surface area (Å²) in [6.45, 7) is 28.9. The lowest BCUT2D eigenvalue weighted by Crippen LogP contribution is -2.22. The summed E-state index contributed by atoms with van der Waals surface area (Å²) in [4.78, 5) is 0. The van der Waals surface area contributed by atoms with Crippen LogP contribution in [0, 0.1) is 58.2 Å². The number of hydrogen-bond acceptors (Lipinski definition) is 0. The van der Waals surface area contributed by atoms with Gasteiger partial charge in [0.25, 0.3) is 0 Å². The first-order chi connectivity index (χ1) is 9.77. The van der Waals surface area contributed by atoms with Crippen molar-refractivity contribution in [3.8, 4) is 0 Å². The van der Waals surface area contributed by atoms with E-state index in [-0.39, 0.29) is 0 Å². The molecule has 0 saturated heterocycles. The average molecular weight is 309 g/mol. The van der Waals surface area contributed by atoms with E-state index in [0.29, 0.717) is 10.8 Å². The lowest BCUT2D eigenvalue weighted by Gasteiger charge is -2.30. The molecule has 0 aromatic rings. The molecule has 0 aromatic carbocycles. The van der Waals surface area contributed by atoms with Gasteiger partial charge in [0, 0.05) is 0 Å². The summed E-state index contributed by atoms with van der Waals surface area (Å²) in [5, 5.41) is 0. The molecule has 8 atom stereocenters. The molecule has 132 valence electrons. The van der Waals surface area contributed by atoms with Crippen molar-refractivity contribution in [3.63, 3.8) is 0 Å². The lowest BCUT2D eigenvalue weighted by molar-refractivity contribution is 0.193. The van der Waals surface area contributed by atoms with Gasteiger partial charge in [-0.3, -0.25) is 0 Å². The van der Waals surface area contributed by atoms with Gasteiger partial charge in [-0.1, -0.05) is 83.1 Å². The van der Waals surface area contributed by atoms with Gasteiger partial charge in [0.1, 0.15) is 0 Å². The number of rotatable bonds is 0. The maximum Gasteiger partial charge on any atom is -0.0298 e. The molecular weight excluding hydrogens is 264 g/mol. The molecular formula is C22H44. The molecule has 2 saturated carbocycles. The van der Waals surface area contributed by atoms with Crippen LogP contribution in [0.2, 0.25) is 0 Å². The molecule has 2 rings (SSSR count). The minimum atomic E-state index is 0.554. The molecule has 0 amide bonds. The summed E-state index contributed by atoms with van der Waals surface area (Å²) in [5.41, 5.74) is 1.11. The molecule has 0 nitrogen and oxygen atoms in total. The first-order valence-corrected chi connectivity index (χ1v) is 9.77. The van der Waals surface area contributed by atoms with Crippen molar-refractivity contribution in [2.45, 2.75) is 83.1 Å². The minimum absolute atomic E-state index is 0.554. The Morgan fingerprint density at radius 1 is 0.364 bits per heavy atom. The molecule has 22 heavy (non-hydrogen) atoms. The smallest absolute Gasteiger partial charge is 0.0298 e. The van der Waals surface area contributed by atoms with Gasteiger partial charge >= 0.3 is 0 Å². The zero-order valence-electron chi connectivity index (χ0n) is 17.6. The van der Waals surface area contributed by atoms with Crippen molar-refractivity contribution in [2.75, 3.05) is 0 Å². The Hall–Kier alpha value is 0. The molecule has 2 aliphatic rings. The fraction of sp³-hybridized carbons (Fsp3) is 1.00. The van der Waals surface area contributed by atoms with E-state index in [4.69, 9.17) is 0 Å². The van der Waals surface area contributed by atoms with Crippen LogP contribution in [0.1, 0.15) is 83.1 Å². The molecule has 8 unspecified atom stereocenters. The minimum Gasteiger partial charge on any atom is -0.0620 e. The van der Waals surface area contributed by atoms with E-state index in [0.717, 1.165) is 47.3 Å². The van der Waals surface area contributed by atoms with E-state index in [1.165, 1.54) is 0 Å². The summed E-state index contributed by atoms with van der Waals surface area (Å²) in [5.74, 6) is 7.14. The summed E-state index contributed by atoms with van der Waals surface area (Å²) >= 11 is 0. The SMILES string of the molecule is CC1C(C)C(C)C(C)(C)C1C.CC1C(C)C(C)C(C)(C)C1C. The highest BCUT2D eigenvalue weighted by Gasteiger charge is 2.47. The molecule has 2 fully saturated rings. The monoisotopic (exact) mass is 308 g/mol. The molecule has 0 radical (unpaired) electrons. The summed E-state index contributed by atoms with van der Waals surface area (Å²) in [7, 11) is 0. The fourth-order valence-corrected chi connectivity index (χ4v) is 5.36. The van der Waals surface area contributed by atoms with Gasteiger partial charge < -0.3 is 0 Å². The van der Waals surface area contributed by atoms with E-state index >= 15 is 0 Å². The van der Waals surface area contributed by atoms with Crippen LogP contribution in [0.25, 0.3) is 0 Å². The first kappa shape index (κ1) is 20.0. The van der Waals surface area contributed by atoms with E-state index < -0.39 is 0 Å². The molecule has 0 heterocycles. The molecule has 0 aromatic heterocycles. The fourth-order valence-electron chi connectivity index (χ4n) is 5.36. The van der Waals surface area contributed by atoms with Crippen molar-refractivity contribution in [1.82, 2.24) is 0 Å². The first-order valence-electron chi connectivity index (χ1n) is 9.77. The number of hydrogen-bond donors (Lipinski definition) is 0. The van der Waals surface area contributed by atoms with Gasteiger partial charge in [0.15, 0.2) is 0 Å². The predicted octanol–water partition coefficient (Wildman–Crippen LogP) is 7.14. The molecule has 0 aliphatic heterocycles. The molecule has 2 aliphatic carbocycles. The zero-order chi connectivity index (χ0) is 17.6. The Labute approximate surface area is 141 Å². The Balaban J connectivity index is 0.000000220. The second-order valence-electron chi connectivity index (χ2n) is 10.2. The molecule has 0 bridgehead atoms. The van der Waals surface area contributed by atoms with Crippen LogP contribution in [-0.2, 0) is 0 Å². The van der Waals surface area contributed by atoms with E-state index in [1.54, 1.807) is 0 Å². The lowest BCUT2D eigenvalue weighted by atomic mass is 9.76. The molecule has 0 heteroatoms. The van der Waals surface area contributed by atoms with Gasteiger partial charge in [-0.25, -0.2) is 0 Å². The maximum atomic E-state index is 2.42. The second kappa shape index (κ2) is 6.48. The van der Waals surface area contributed by atoms with Crippen LogP contribution in [0.4, 0.5) is 0 Å². The highest BCUT2D eigenvalue weighted by atomic mass is 14.5. The second-order valence-corrected chi connectivity index (χ2v) is 10.2. The van der Waals surface area contributed by atoms with Crippen molar-refractivity contribution >= 4 is 0 Å². The third-order valence-corrected chi connectivity index (χ3v) is 9.51. The highest BCUT2D eigenvalue weighted by Crippen LogP contribution is 2.54. The van der Waals surface area contributed by atoms with Crippen molar-refractivity contribution in [3.05, 3.63) is 0 Å². The summed E-state index contributed by atoms with van der Waals surface area (Å²) < 4.78 is 0. The molecule has 0 N–H and O–H groups in total. The standard InChI is InChI=1S/2C11H22/c2*1-7-8(2)10(4)11(5,6)9(7)3/h2*7-10H,1-6H3. The highest BCUT2D eigenvalue weighted by molar-refractivity contribution is 4.96. The maximum absolute atomic E-state index is 2.42.